The van der Waals surface area contributed by atoms with Crippen LogP contribution in [0.3, 0.4) is 0 Å². The molecule has 3 aromatic heterocycles. The zero-order valence-electron chi connectivity index (χ0n) is 18.0. The number of likely N-dealkylation sites (tertiary alicyclic amines) is 2. The van der Waals surface area contributed by atoms with Crippen molar-refractivity contribution in [1.82, 2.24) is 28.7 Å². The van der Waals surface area contributed by atoms with Crippen LogP contribution < -0.4 is 0 Å². The van der Waals surface area contributed by atoms with Crippen LogP contribution in [0.5, 0.6) is 0 Å². The summed E-state index contributed by atoms with van der Waals surface area (Å²) in [6, 6.07) is 0. The lowest BCUT2D eigenvalue weighted by Crippen LogP contribution is -2.38. The number of hydrogen-bond acceptors (Lipinski definition) is 6. The molecule has 1 amide bonds. The molecule has 5 rings (SSSR count). The SMILES string of the molecule is Cn1ccnc1C(O)C1CCN(Cc2c(C(=O)N3CCCCC3)nc3sccn23)CC1. The molecule has 0 saturated carbocycles. The number of aromatic nitrogens is 4. The topological polar surface area (TPSA) is 78.9 Å². The van der Waals surface area contributed by atoms with E-state index in [0.717, 1.165) is 68.3 Å². The number of thiazole rings is 1. The third-order valence-corrected chi connectivity index (χ3v) is 7.54. The highest BCUT2D eigenvalue weighted by Gasteiger charge is 2.31. The first kappa shape index (κ1) is 20.7. The molecule has 0 radical (unpaired) electrons. The van der Waals surface area contributed by atoms with E-state index in [1.165, 1.54) is 6.42 Å². The van der Waals surface area contributed by atoms with Crippen molar-refractivity contribution in [3.05, 3.63) is 41.2 Å². The van der Waals surface area contributed by atoms with Gasteiger partial charge in [-0.3, -0.25) is 14.1 Å². The molecule has 2 aliphatic heterocycles. The van der Waals surface area contributed by atoms with Gasteiger partial charge in [0.25, 0.3) is 5.91 Å². The van der Waals surface area contributed by atoms with Crippen LogP contribution >= 0.6 is 11.3 Å². The van der Waals surface area contributed by atoms with Gasteiger partial charge < -0.3 is 14.6 Å². The molecule has 0 aromatic carbocycles. The van der Waals surface area contributed by atoms with Gasteiger partial charge in [-0.2, -0.15) is 0 Å². The van der Waals surface area contributed by atoms with Gasteiger partial charge in [-0.25, -0.2) is 9.97 Å². The van der Waals surface area contributed by atoms with Gasteiger partial charge in [0.2, 0.25) is 0 Å². The van der Waals surface area contributed by atoms with E-state index in [0.29, 0.717) is 12.2 Å². The Bertz CT molecular complexity index is 1040. The van der Waals surface area contributed by atoms with Crippen molar-refractivity contribution in [3.63, 3.8) is 0 Å². The summed E-state index contributed by atoms with van der Waals surface area (Å²) in [4.78, 5) is 27.5. The number of rotatable bonds is 5. The number of aliphatic hydroxyl groups is 1. The van der Waals surface area contributed by atoms with Crippen LogP contribution in [0.4, 0.5) is 0 Å². The van der Waals surface area contributed by atoms with E-state index in [2.05, 4.69) is 14.3 Å². The maximum Gasteiger partial charge on any atom is 0.274 e. The van der Waals surface area contributed by atoms with E-state index < -0.39 is 6.10 Å². The molecular weight excluding hydrogens is 412 g/mol. The molecule has 1 atom stereocenters. The summed E-state index contributed by atoms with van der Waals surface area (Å²) in [5.74, 6) is 1.02. The highest BCUT2D eigenvalue weighted by molar-refractivity contribution is 7.15. The first-order valence-corrected chi connectivity index (χ1v) is 12.1. The molecule has 0 bridgehead atoms. The molecule has 8 nitrogen and oxygen atoms in total. The van der Waals surface area contributed by atoms with Crippen LogP contribution in [-0.2, 0) is 13.6 Å². The molecule has 1 unspecified atom stereocenters. The Morgan fingerprint density at radius 3 is 2.68 bits per heavy atom. The highest BCUT2D eigenvalue weighted by atomic mass is 32.1. The van der Waals surface area contributed by atoms with Crippen LogP contribution in [-0.4, -0.2) is 65.9 Å². The molecule has 2 fully saturated rings. The average Bonchev–Trinajstić information content (AvgIpc) is 3.51. The second-order valence-electron chi connectivity index (χ2n) is 8.77. The van der Waals surface area contributed by atoms with E-state index in [1.54, 1.807) is 17.5 Å². The number of piperidine rings is 2. The summed E-state index contributed by atoms with van der Waals surface area (Å²) in [6.45, 7) is 4.15. The van der Waals surface area contributed by atoms with Gasteiger partial charge in [-0.15, -0.1) is 11.3 Å². The van der Waals surface area contributed by atoms with Crippen molar-refractivity contribution >= 4 is 22.2 Å². The smallest absolute Gasteiger partial charge is 0.274 e. The largest absolute Gasteiger partial charge is 0.385 e. The van der Waals surface area contributed by atoms with Gasteiger partial charge in [0.1, 0.15) is 11.9 Å². The minimum atomic E-state index is -0.531. The van der Waals surface area contributed by atoms with Crippen LogP contribution in [0.15, 0.2) is 24.0 Å². The number of fused-ring (bicyclic) bond motifs is 1. The predicted octanol–water partition coefficient (Wildman–Crippen LogP) is 2.70. The number of aryl methyl sites for hydroxylation is 1. The predicted molar refractivity (Wildman–Crippen MR) is 119 cm³/mol. The van der Waals surface area contributed by atoms with Gasteiger partial charge in [0.05, 0.1) is 5.69 Å². The third kappa shape index (κ3) is 4.02. The lowest BCUT2D eigenvalue weighted by Gasteiger charge is -2.34. The molecule has 2 aliphatic rings. The van der Waals surface area contributed by atoms with E-state index in [9.17, 15) is 9.90 Å². The average molecular weight is 443 g/mol. The number of nitrogens with zero attached hydrogens (tertiary/aromatic N) is 6. The maximum atomic E-state index is 13.2. The molecule has 166 valence electrons. The first-order valence-electron chi connectivity index (χ1n) is 11.2. The Kier molecular flexibility index (Phi) is 5.81. The number of carbonyl (C=O) groups is 1. The lowest BCUT2D eigenvalue weighted by atomic mass is 9.90. The van der Waals surface area contributed by atoms with Crippen LogP contribution in [0.25, 0.3) is 4.96 Å². The molecule has 3 aromatic rings. The number of carbonyl (C=O) groups excluding carboxylic acids is 1. The Balaban J connectivity index is 1.29. The molecule has 0 spiro atoms. The van der Waals surface area contributed by atoms with Gasteiger partial charge in [0.15, 0.2) is 10.7 Å². The van der Waals surface area contributed by atoms with Crippen LogP contribution in [0, 0.1) is 5.92 Å². The molecule has 0 aliphatic carbocycles. The quantitative estimate of drug-likeness (QED) is 0.657. The summed E-state index contributed by atoms with van der Waals surface area (Å²) >= 11 is 1.57. The Morgan fingerprint density at radius 2 is 1.97 bits per heavy atom. The van der Waals surface area contributed by atoms with Crippen molar-refractivity contribution in [2.75, 3.05) is 26.2 Å². The van der Waals surface area contributed by atoms with Gasteiger partial charge in [0, 0.05) is 50.7 Å². The Labute approximate surface area is 186 Å². The zero-order chi connectivity index (χ0) is 21.4. The maximum absolute atomic E-state index is 13.2. The highest BCUT2D eigenvalue weighted by Crippen LogP contribution is 2.31. The third-order valence-electron chi connectivity index (χ3n) is 6.78. The first-order chi connectivity index (χ1) is 15.1. The Hall–Kier alpha value is -2.23. The fourth-order valence-corrected chi connectivity index (χ4v) is 5.65. The number of imidazole rings is 2. The van der Waals surface area contributed by atoms with E-state index in [1.807, 2.05) is 34.3 Å². The second kappa shape index (κ2) is 8.72. The van der Waals surface area contributed by atoms with Crippen molar-refractivity contribution < 1.29 is 9.90 Å². The van der Waals surface area contributed by atoms with Gasteiger partial charge in [-0.1, -0.05) is 0 Å². The lowest BCUT2D eigenvalue weighted by molar-refractivity contribution is 0.0486. The summed E-state index contributed by atoms with van der Waals surface area (Å²) in [5.41, 5.74) is 1.61. The van der Waals surface area contributed by atoms with Gasteiger partial charge >= 0.3 is 0 Å². The molecule has 31 heavy (non-hydrogen) atoms. The van der Waals surface area contributed by atoms with E-state index in [4.69, 9.17) is 4.98 Å². The summed E-state index contributed by atoms with van der Waals surface area (Å²) in [6.07, 6.45) is 10.3. The number of aliphatic hydroxyl groups excluding tert-OH is 1. The standard InChI is InChI=1S/C22H30N6O2S/c1-25-12-7-23-20(25)19(29)16-5-10-26(11-6-16)15-17-18(24-22-28(17)13-14-31-22)21(30)27-8-3-2-4-9-27/h7,12-14,16,19,29H,2-6,8-11,15H2,1H3. The number of hydrogen-bond donors (Lipinski definition) is 1. The van der Waals surface area contributed by atoms with Crippen molar-refractivity contribution in [1.29, 1.82) is 0 Å². The molecule has 1 N–H and O–H groups in total. The number of amides is 1. The fraction of sp³-hybridized carbons (Fsp3) is 0.591. The summed E-state index contributed by atoms with van der Waals surface area (Å²) in [7, 11) is 1.92. The molecular formula is C22H30N6O2S. The molecule has 9 heteroatoms. The summed E-state index contributed by atoms with van der Waals surface area (Å²) in [5, 5.41) is 12.8. The normalized spacial score (nSPS) is 19.9. The monoisotopic (exact) mass is 442 g/mol. The van der Waals surface area contributed by atoms with Crippen molar-refractivity contribution in [2.45, 2.75) is 44.8 Å². The summed E-state index contributed by atoms with van der Waals surface area (Å²) < 4.78 is 3.98. The minimum Gasteiger partial charge on any atom is -0.385 e. The van der Waals surface area contributed by atoms with Crippen LogP contribution in [0.1, 0.15) is 60.2 Å². The second-order valence-corrected chi connectivity index (χ2v) is 9.64. The minimum absolute atomic E-state index is 0.0747. The van der Waals surface area contributed by atoms with Crippen molar-refractivity contribution in [2.24, 2.45) is 13.0 Å². The molecule has 2 saturated heterocycles. The fourth-order valence-electron chi connectivity index (χ4n) is 4.91. The van der Waals surface area contributed by atoms with E-state index >= 15 is 0 Å². The Morgan fingerprint density at radius 1 is 1.19 bits per heavy atom. The van der Waals surface area contributed by atoms with Crippen LogP contribution in [0.2, 0.25) is 0 Å². The zero-order valence-corrected chi connectivity index (χ0v) is 18.8. The molecule has 5 heterocycles. The van der Waals surface area contributed by atoms with Crippen molar-refractivity contribution in [3.8, 4) is 0 Å². The van der Waals surface area contributed by atoms with Gasteiger partial charge in [-0.05, 0) is 51.1 Å². The van der Waals surface area contributed by atoms with E-state index in [-0.39, 0.29) is 11.8 Å².